The molecule has 0 unspecified atom stereocenters. The zero-order valence-electron chi connectivity index (χ0n) is 12.5. The summed E-state index contributed by atoms with van der Waals surface area (Å²) in [7, 11) is -3.36. The van der Waals surface area contributed by atoms with E-state index in [1.54, 1.807) is 4.31 Å². The Morgan fingerprint density at radius 2 is 1.71 bits per heavy atom. The van der Waals surface area contributed by atoms with Gasteiger partial charge in [0.1, 0.15) is 12.4 Å². The van der Waals surface area contributed by atoms with Crippen LogP contribution in [0.25, 0.3) is 0 Å². The second-order valence-corrected chi connectivity index (χ2v) is 7.13. The minimum absolute atomic E-state index is 0.284. The highest BCUT2D eigenvalue weighted by atomic mass is 32.2. The lowest BCUT2D eigenvalue weighted by Crippen LogP contribution is -2.42. The first-order valence-electron chi connectivity index (χ1n) is 7.52. The van der Waals surface area contributed by atoms with E-state index in [0.29, 0.717) is 19.7 Å². The Morgan fingerprint density at radius 1 is 1.10 bits per heavy atom. The number of benzene rings is 1. The fourth-order valence-electron chi connectivity index (χ4n) is 2.35. The Balaban J connectivity index is 1.75. The molecule has 1 fully saturated rings. The Bertz CT molecular complexity index is 520. The maximum Gasteiger partial charge on any atom is 0.279 e. The van der Waals surface area contributed by atoms with Crippen molar-refractivity contribution in [1.29, 1.82) is 0 Å². The molecular weight excluding hydrogens is 288 g/mol. The van der Waals surface area contributed by atoms with Crippen molar-refractivity contribution in [2.24, 2.45) is 0 Å². The maximum absolute atomic E-state index is 12.2. The van der Waals surface area contributed by atoms with Gasteiger partial charge in [-0.2, -0.15) is 17.4 Å². The van der Waals surface area contributed by atoms with Crippen molar-refractivity contribution in [2.75, 3.05) is 26.2 Å². The minimum Gasteiger partial charge on any atom is -0.492 e. The first kappa shape index (κ1) is 16.3. The first-order valence-corrected chi connectivity index (χ1v) is 8.96. The lowest BCUT2D eigenvalue weighted by atomic mass is 10.2. The molecule has 0 bridgehead atoms. The van der Waals surface area contributed by atoms with E-state index in [9.17, 15) is 8.42 Å². The predicted octanol–water partition coefficient (Wildman–Crippen LogP) is 2.08. The average molecular weight is 312 g/mol. The summed E-state index contributed by atoms with van der Waals surface area (Å²) in [4.78, 5) is 0. The van der Waals surface area contributed by atoms with Crippen LogP contribution in [0.2, 0.25) is 0 Å². The second-order valence-electron chi connectivity index (χ2n) is 5.37. The van der Waals surface area contributed by atoms with E-state index in [-0.39, 0.29) is 6.54 Å². The van der Waals surface area contributed by atoms with Gasteiger partial charge in [0.25, 0.3) is 10.2 Å². The van der Waals surface area contributed by atoms with Crippen LogP contribution >= 0.6 is 0 Å². The van der Waals surface area contributed by atoms with Gasteiger partial charge in [-0.25, -0.2) is 0 Å². The van der Waals surface area contributed by atoms with Gasteiger partial charge in [0.2, 0.25) is 0 Å². The summed E-state index contributed by atoms with van der Waals surface area (Å²) >= 11 is 0. The smallest absolute Gasteiger partial charge is 0.279 e. The number of hydrogen-bond donors (Lipinski definition) is 1. The largest absolute Gasteiger partial charge is 0.492 e. The topological polar surface area (TPSA) is 58.6 Å². The standard InChI is InChI=1S/C15H24N2O3S/c1-14-6-8-15(9-7-14)20-13-10-16-21(18,19)17-11-4-2-3-5-12-17/h6-9,16H,2-5,10-13H2,1H3. The molecule has 5 nitrogen and oxygen atoms in total. The highest BCUT2D eigenvalue weighted by molar-refractivity contribution is 7.87. The molecule has 0 radical (unpaired) electrons. The summed E-state index contributed by atoms with van der Waals surface area (Å²) in [6, 6.07) is 7.71. The molecule has 1 N–H and O–H groups in total. The summed E-state index contributed by atoms with van der Waals surface area (Å²) in [6.07, 6.45) is 4.12. The number of hydrogen-bond acceptors (Lipinski definition) is 3. The second kappa shape index (κ2) is 7.77. The fourth-order valence-corrected chi connectivity index (χ4v) is 3.61. The van der Waals surface area contributed by atoms with Crippen molar-refractivity contribution < 1.29 is 13.2 Å². The van der Waals surface area contributed by atoms with Crippen LogP contribution < -0.4 is 9.46 Å². The molecule has 1 saturated heterocycles. The zero-order chi connectivity index (χ0) is 15.1. The summed E-state index contributed by atoms with van der Waals surface area (Å²) in [6.45, 7) is 3.87. The average Bonchev–Trinajstić information content (AvgIpc) is 2.75. The Labute approximate surface area is 127 Å². The van der Waals surface area contributed by atoms with E-state index in [2.05, 4.69) is 4.72 Å². The van der Waals surface area contributed by atoms with Gasteiger partial charge in [-0.3, -0.25) is 0 Å². The molecule has 1 heterocycles. The minimum atomic E-state index is -3.36. The lowest BCUT2D eigenvalue weighted by molar-refractivity contribution is 0.319. The van der Waals surface area contributed by atoms with Crippen LogP contribution in [0.5, 0.6) is 5.75 Å². The van der Waals surface area contributed by atoms with E-state index in [4.69, 9.17) is 4.74 Å². The number of nitrogens with zero attached hydrogens (tertiary/aromatic N) is 1. The van der Waals surface area contributed by atoms with Crippen molar-refractivity contribution in [3.05, 3.63) is 29.8 Å². The number of aryl methyl sites for hydroxylation is 1. The number of nitrogens with one attached hydrogen (secondary N) is 1. The van der Waals surface area contributed by atoms with E-state index in [1.165, 1.54) is 5.56 Å². The van der Waals surface area contributed by atoms with Crippen molar-refractivity contribution in [1.82, 2.24) is 9.03 Å². The SMILES string of the molecule is Cc1ccc(OCCNS(=O)(=O)N2CCCCCC2)cc1. The van der Waals surface area contributed by atoms with Gasteiger partial charge in [0.05, 0.1) is 0 Å². The maximum atomic E-state index is 12.2. The molecule has 21 heavy (non-hydrogen) atoms. The molecule has 2 rings (SSSR count). The molecule has 0 aromatic heterocycles. The van der Waals surface area contributed by atoms with E-state index < -0.39 is 10.2 Å². The van der Waals surface area contributed by atoms with Crippen LogP contribution in [0.3, 0.4) is 0 Å². The lowest BCUT2D eigenvalue weighted by Gasteiger charge is -2.20. The molecule has 0 aliphatic carbocycles. The Hall–Kier alpha value is -1.11. The van der Waals surface area contributed by atoms with Crippen LogP contribution in [0.15, 0.2) is 24.3 Å². The normalized spacial score (nSPS) is 17.4. The molecule has 0 amide bonds. The summed E-state index contributed by atoms with van der Waals surface area (Å²) in [5, 5.41) is 0. The van der Waals surface area contributed by atoms with Crippen LogP contribution in [0, 0.1) is 6.92 Å². The quantitative estimate of drug-likeness (QED) is 0.818. The molecule has 0 atom stereocenters. The van der Waals surface area contributed by atoms with Crippen molar-refractivity contribution in [2.45, 2.75) is 32.6 Å². The zero-order valence-corrected chi connectivity index (χ0v) is 13.4. The molecule has 0 saturated carbocycles. The van der Waals surface area contributed by atoms with Crippen molar-refractivity contribution in [3.8, 4) is 5.75 Å². The molecular formula is C15H24N2O3S. The predicted molar refractivity (Wildman–Crippen MR) is 83.6 cm³/mol. The molecule has 1 aromatic rings. The van der Waals surface area contributed by atoms with Gasteiger partial charge in [-0.15, -0.1) is 0 Å². The van der Waals surface area contributed by atoms with Gasteiger partial charge >= 0.3 is 0 Å². The molecule has 1 aromatic carbocycles. The summed E-state index contributed by atoms with van der Waals surface area (Å²) in [5.74, 6) is 0.759. The van der Waals surface area contributed by atoms with Gasteiger partial charge in [0, 0.05) is 19.6 Å². The Morgan fingerprint density at radius 3 is 2.33 bits per heavy atom. The van der Waals surface area contributed by atoms with E-state index in [0.717, 1.165) is 31.4 Å². The van der Waals surface area contributed by atoms with Crippen LogP contribution in [0.4, 0.5) is 0 Å². The molecule has 0 spiro atoms. The van der Waals surface area contributed by atoms with Gasteiger partial charge in [0.15, 0.2) is 0 Å². The number of ether oxygens (including phenoxy) is 1. The third-order valence-corrected chi connectivity index (χ3v) is 5.20. The fraction of sp³-hybridized carbons (Fsp3) is 0.600. The van der Waals surface area contributed by atoms with Crippen molar-refractivity contribution in [3.63, 3.8) is 0 Å². The highest BCUT2D eigenvalue weighted by Gasteiger charge is 2.21. The summed E-state index contributed by atoms with van der Waals surface area (Å²) in [5.41, 5.74) is 1.17. The number of rotatable bonds is 6. The third-order valence-electron chi connectivity index (χ3n) is 3.58. The molecule has 1 aliphatic heterocycles. The van der Waals surface area contributed by atoms with Gasteiger partial charge in [-0.05, 0) is 31.9 Å². The van der Waals surface area contributed by atoms with E-state index >= 15 is 0 Å². The van der Waals surface area contributed by atoms with Crippen LogP contribution in [-0.2, 0) is 10.2 Å². The first-order chi connectivity index (χ1) is 10.1. The monoisotopic (exact) mass is 312 g/mol. The molecule has 6 heteroatoms. The van der Waals surface area contributed by atoms with Crippen LogP contribution in [0.1, 0.15) is 31.2 Å². The van der Waals surface area contributed by atoms with Gasteiger partial charge in [-0.1, -0.05) is 30.5 Å². The van der Waals surface area contributed by atoms with Crippen LogP contribution in [-0.4, -0.2) is 39.0 Å². The third kappa shape index (κ3) is 5.30. The summed E-state index contributed by atoms with van der Waals surface area (Å²) < 4.78 is 34.0. The van der Waals surface area contributed by atoms with Crippen molar-refractivity contribution >= 4 is 10.2 Å². The molecule has 1 aliphatic rings. The Kier molecular flexibility index (Phi) is 6.02. The van der Waals surface area contributed by atoms with Gasteiger partial charge < -0.3 is 4.74 Å². The highest BCUT2D eigenvalue weighted by Crippen LogP contribution is 2.13. The molecule has 118 valence electrons. The van der Waals surface area contributed by atoms with E-state index in [1.807, 2.05) is 31.2 Å².